The molecule has 6 saturated carbocycles. The molecule has 0 saturated heterocycles. The third-order valence-electron chi connectivity index (χ3n) is 10.9. The second-order valence-electron chi connectivity index (χ2n) is 10.2. The van der Waals surface area contributed by atoms with Crippen LogP contribution in [-0.2, 0) is 0 Å². The molecule has 6 fully saturated rings. The van der Waals surface area contributed by atoms with Gasteiger partial charge in [-0.2, -0.15) is 0 Å². The summed E-state index contributed by atoms with van der Waals surface area (Å²) in [5.41, 5.74) is 5.30. The molecule has 0 unspecified atom stereocenters. The van der Waals surface area contributed by atoms with Crippen LogP contribution in [0.15, 0.2) is 12.2 Å². The van der Waals surface area contributed by atoms with Crippen LogP contribution in [0.3, 0.4) is 0 Å². The van der Waals surface area contributed by atoms with Crippen molar-refractivity contribution in [1.82, 2.24) is 0 Å². The van der Waals surface area contributed by atoms with E-state index in [-0.39, 0.29) is 0 Å². The summed E-state index contributed by atoms with van der Waals surface area (Å²) in [6, 6.07) is 0. The van der Waals surface area contributed by atoms with Gasteiger partial charge in [-0.1, -0.05) is 44.3 Å². The van der Waals surface area contributed by atoms with Crippen molar-refractivity contribution in [3.8, 4) is 0 Å². The molecule has 0 nitrogen and oxygen atoms in total. The lowest BCUT2D eigenvalue weighted by atomic mass is 9.17. The SMILES string of the molecule is C=C1C2(CCC2)C2(CCC2)C2(CCC2)C2(CCC2)C12CCC2. The minimum atomic E-state index is 0.618. The zero-order chi connectivity index (χ0) is 14.7. The van der Waals surface area contributed by atoms with Crippen LogP contribution in [0.1, 0.15) is 96.3 Å². The first-order chi connectivity index (χ1) is 10.7. The van der Waals surface area contributed by atoms with E-state index in [4.69, 9.17) is 6.58 Å². The molecule has 120 valence electrons. The van der Waals surface area contributed by atoms with E-state index < -0.39 is 0 Å². The van der Waals surface area contributed by atoms with Crippen molar-refractivity contribution < 1.29 is 0 Å². The predicted octanol–water partition coefficient (Wildman–Crippen LogP) is 6.41. The molecule has 0 aromatic carbocycles. The Morgan fingerprint density at radius 2 is 0.773 bits per heavy atom. The molecule has 0 amide bonds. The largest absolute Gasteiger partial charge is 0.0987 e. The number of allylic oxidation sites excluding steroid dienone is 1. The van der Waals surface area contributed by atoms with Gasteiger partial charge >= 0.3 is 0 Å². The van der Waals surface area contributed by atoms with Gasteiger partial charge in [0.05, 0.1) is 0 Å². The summed E-state index contributed by atoms with van der Waals surface area (Å²) in [5, 5.41) is 0. The van der Waals surface area contributed by atoms with E-state index in [0.717, 1.165) is 16.2 Å². The second-order valence-corrected chi connectivity index (χ2v) is 10.2. The van der Waals surface area contributed by atoms with Crippen molar-refractivity contribution in [1.29, 1.82) is 0 Å². The summed E-state index contributed by atoms with van der Waals surface area (Å²) in [7, 11) is 0. The first-order valence-electron chi connectivity index (χ1n) is 10.4. The van der Waals surface area contributed by atoms with Gasteiger partial charge in [0.2, 0.25) is 0 Å². The molecule has 6 rings (SSSR count). The van der Waals surface area contributed by atoms with E-state index in [1.54, 1.807) is 44.9 Å². The van der Waals surface area contributed by atoms with Gasteiger partial charge in [0, 0.05) is 0 Å². The maximum absolute atomic E-state index is 4.94. The lowest BCUT2D eigenvalue weighted by molar-refractivity contribution is -0.344. The zero-order valence-corrected chi connectivity index (χ0v) is 14.3. The molecule has 0 aliphatic heterocycles. The maximum atomic E-state index is 4.94. The first-order valence-corrected chi connectivity index (χ1v) is 10.4. The van der Waals surface area contributed by atoms with Gasteiger partial charge in [0.1, 0.15) is 0 Å². The molecular weight excluding hydrogens is 264 g/mol. The Bertz CT molecular complexity index is 501. The van der Waals surface area contributed by atoms with Crippen LogP contribution in [0.2, 0.25) is 0 Å². The fraction of sp³-hybridized carbons (Fsp3) is 0.909. The maximum Gasteiger partial charge on any atom is -0.00231 e. The van der Waals surface area contributed by atoms with Crippen molar-refractivity contribution >= 4 is 0 Å². The molecule has 0 heteroatoms. The Morgan fingerprint density at radius 3 is 0.955 bits per heavy atom. The number of rotatable bonds is 0. The quantitative estimate of drug-likeness (QED) is 0.453. The van der Waals surface area contributed by atoms with Gasteiger partial charge in [0.15, 0.2) is 0 Å². The van der Waals surface area contributed by atoms with Crippen LogP contribution in [0, 0.1) is 27.1 Å². The van der Waals surface area contributed by atoms with Gasteiger partial charge in [0.25, 0.3) is 0 Å². The number of hydrogen-bond acceptors (Lipinski definition) is 0. The van der Waals surface area contributed by atoms with Crippen LogP contribution in [-0.4, -0.2) is 0 Å². The fourth-order valence-corrected chi connectivity index (χ4v) is 9.49. The highest BCUT2D eigenvalue weighted by atomic mass is 14.9. The first kappa shape index (κ1) is 13.1. The summed E-state index contributed by atoms with van der Waals surface area (Å²) >= 11 is 0. The Morgan fingerprint density at radius 1 is 0.455 bits per heavy atom. The van der Waals surface area contributed by atoms with Crippen molar-refractivity contribution in [2.45, 2.75) is 96.3 Å². The lowest BCUT2D eigenvalue weighted by Gasteiger charge is -2.87. The summed E-state index contributed by atoms with van der Waals surface area (Å²) in [6.45, 7) is 4.94. The van der Waals surface area contributed by atoms with Crippen LogP contribution in [0.25, 0.3) is 0 Å². The van der Waals surface area contributed by atoms with Gasteiger partial charge in [-0.25, -0.2) is 0 Å². The average molecular weight is 296 g/mol. The molecule has 5 spiro atoms. The van der Waals surface area contributed by atoms with E-state index in [9.17, 15) is 0 Å². The normalized spacial score (nSPS) is 39.9. The molecule has 6 aliphatic rings. The standard InChI is InChI=1S/C22H32/c1-17-18(7-2-8-18)20(11-4-12-20)22(15-6-16-22)21(13-5-14-21)19(17)9-3-10-19/h1-16H2. The minimum Gasteiger partial charge on any atom is -0.0987 e. The second kappa shape index (κ2) is 3.55. The smallest absolute Gasteiger partial charge is 0.00231 e. The molecule has 0 bridgehead atoms. The predicted molar refractivity (Wildman–Crippen MR) is 90.6 cm³/mol. The highest BCUT2D eigenvalue weighted by Crippen LogP contribution is 2.92. The van der Waals surface area contributed by atoms with Gasteiger partial charge in [-0.05, 0) is 91.3 Å². The molecule has 22 heavy (non-hydrogen) atoms. The van der Waals surface area contributed by atoms with Crippen LogP contribution >= 0.6 is 0 Å². The van der Waals surface area contributed by atoms with Crippen molar-refractivity contribution in [2.24, 2.45) is 27.1 Å². The van der Waals surface area contributed by atoms with Gasteiger partial charge in [-0.3, -0.25) is 0 Å². The minimum absolute atomic E-state index is 0.618. The highest BCUT2D eigenvalue weighted by molar-refractivity contribution is 5.44. The van der Waals surface area contributed by atoms with E-state index in [1.165, 1.54) is 51.4 Å². The Hall–Kier alpha value is -0.260. The summed E-state index contributed by atoms with van der Waals surface area (Å²) in [5.74, 6) is 0. The fourth-order valence-electron chi connectivity index (χ4n) is 9.49. The average Bonchev–Trinajstić information content (AvgIpc) is 2.25. The molecule has 0 aromatic rings. The molecule has 0 atom stereocenters. The van der Waals surface area contributed by atoms with E-state index in [1.807, 2.05) is 5.57 Å². The summed E-state index contributed by atoms with van der Waals surface area (Å²) in [4.78, 5) is 0. The summed E-state index contributed by atoms with van der Waals surface area (Å²) in [6.07, 6.45) is 23.2. The molecule has 6 aliphatic carbocycles. The van der Waals surface area contributed by atoms with Crippen molar-refractivity contribution in [3.63, 3.8) is 0 Å². The molecule has 0 aromatic heterocycles. The monoisotopic (exact) mass is 296 g/mol. The van der Waals surface area contributed by atoms with Crippen LogP contribution in [0.5, 0.6) is 0 Å². The topological polar surface area (TPSA) is 0 Å². The zero-order valence-electron chi connectivity index (χ0n) is 14.3. The molecule has 0 heterocycles. The molecular formula is C22H32. The summed E-state index contributed by atoms with van der Waals surface area (Å²) < 4.78 is 0. The van der Waals surface area contributed by atoms with E-state index >= 15 is 0 Å². The Labute approximate surface area is 136 Å². The van der Waals surface area contributed by atoms with E-state index in [0.29, 0.717) is 10.8 Å². The van der Waals surface area contributed by atoms with Crippen molar-refractivity contribution in [2.75, 3.05) is 0 Å². The molecule has 0 radical (unpaired) electrons. The number of fused-ring (bicyclic) bond motifs is 4. The highest BCUT2D eigenvalue weighted by Gasteiger charge is 2.83. The van der Waals surface area contributed by atoms with Crippen LogP contribution < -0.4 is 0 Å². The third kappa shape index (κ3) is 0.901. The van der Waals surface area contributed by atoms with Gasteiger partial charge in [-0.15, -0.1) is 0 Å². The Kier molecular flexibility index (Phi) is 2.11. The third-order valence-corrected chi connectivity index (χ3v) is 10.9. The molecule has 0 N–H and O–H groups in total. The van der Waals surface area contributed by atoms with Gasteiger partial charge < -0.3 is 0 Å². The lowest BCUT2D eigenvalue weighted by Crippen LogP contribution is -2.79. The Balaban J connectivity index is 1.61. The number of hydrogen-bond donors (Lipinski definition) is 0. The van der Waals surface area contributed by atoms with E-state index in [2.05, 4.69) is 0 Å². The van der Waals surface area contributed by atoms with Crippen molar-refractivity contribution in [3.05, 3.63) is 12.2 Å². The van der Waals surface area contributed by atoms with Crippen LogP contribution in [0.4, 0.5) is 0 Å².